The first-order valence-corrected chi connectivity index (χ1v) is 16.8. The molecule has 10 rings (SSSR count). The van der Waals surface area contributed by atoms with Crippen LogP contribution in [-0.2, 0) is 0 Å². The SMILES string of the molecule is c1ccc(-c2cc(-c3ccccn3)cc(-c3ccc(-c4ncnc5c4oc4ncc(-c6ccc7ccccc7c6)cc45)c4ccccc34)c2)nc1. The normalized spacial score (nSPS) is 11.5. The smallest absolute Gasteiger partial charge is 0.229 e. The summed E-state index contributed by atoms with van der Waals surface area (Å²) in [6, 6.07) is 48.2. The Labute approximate surface area is 292 Å². The maximum absolute atomic E-state index is 6.44. The molecule has 5 aromatic carbocycles. The third-order valence-electron chi connectivity index (χ3n) is 9.54. The van der Waals surface area contributed by atoms with Crippen molar-refractivity contribution in [3.8, 4) is 56.0 Å². The Morgan fingerprint density at radius 2 is 1.08 bits per heavy atom. The van der Waals surface area contributed by atoms with Gasteiger partial charge >= 0.3 is 0 Å². The van der Waals surface area contributed by atoms with Crippen LogP contribution in [0.4, 0.5) is 0 Å². The molecule has 0 aliphatic heterocycles. The first-order chi connectivity index (χ1) is 25.3. The number of rotatable bonds is 5. The zero-order valence-electron chi connectivity index (χ0n) is 27.2. The molecule has 0 saturated carbocycles. The van der Waals surface area contributed by atoms with E-state index in [1.165, 1.54) is 10.8 Å². The summed E-state index contributed by atoms with van der Waals surface area (Å²) in [7, 11) is 0. The van der Waals surface area contributed by atoms with Crippen LogP contribution in [0.5, 0.6) is 0 Å². The van der Waals surface area contributed by atoms with Crippen molar-refractivity contribution >= 4 is 43.7 Å². The van der Waals surface area contributed by atoms with Gasteiger partial charge in [-0.3, -0.25) is 9.97 Å². The summed E-state index contributed by atoms with van der Waals surface area (Å²) in [5.41, 5.74) is 11.7. The van der Waals surface area contributed by atoms with Gasteiger partial charge in [-0.1, -0.05) is 84.9 Å². The van der Waals surface area contributed by atoms with E-state index < -0.39 is 0 Å². The molecule has 0 unspecified atom stereocenters. The number of fused-ring (bicyclic) bond motifs is 5. The van der Waals surface area contributed by atoms with Gasteiger partial charge in [0.05, 0.1) is 16.8 Å². The molecule has 5 heterocycles. The van der Waals surface area contributed by atoms with Crippen molar-refractivity contribution in [1.82, 2.24) is 24.9 Å². The van der Waals surface area contributed by atoms with E-state index in [9.17, 15) is 0 Å². The highest BCUT2D eigenvalue weighted by Crippen LogP contribution is 2.41. The Bertz CT molecular complexity index is 2860. The van der Waals surface area contributed by atoms with E-state index >= 15 is 0 Å². The van der Waals surface area contributed by atoms with Gasteiger partial charge in [0, 0.05) is 40.8 Å². The van der Waals surface area contributed by atoms with Crippen molar-refractivity contribution in [2.75, 3.05) is 0 Å². The molecule has 238 valence electrons. The Kier molecular flexibility index (Phi) is 6.70. The molecule has 0 spiro atoms. The Morgan fingerprint density at radius 3 is 1.82 bits per heavy atom. The molecule has 0 radical (unpaired) electrons. The second-order valence-corrected chi connectivity index (χ2v) is 12.6. The molecule has 0 bridgehead atoms. The van der Waals surface area contributed by atoms with E-state index in [-0.39, 0.29) is 0 Å². The largest absolute Gasteiger partial charge is 0.434 e. The number of benzene rings is 5. The Morgan fingerprint density at radius 1 is 0.412 bits per heavy atom. The highest BCUT2D eigenvalue weighted by molar-refractivity contribution is 6.11. The first kappa shape index (κ1) is 28.9. The summed E-state index contributed by atoms with van der Waals surface area (Å²) in [5.74, 6) is 0. The van der Waals surface area contributed by atoms with Crippen LogP contribution in [-0.4, -0.2) is 24.9 Å². The molecule has 0 amide bonds. The Hall–Kier alpha value is -7.05. The van der Waals surface area contributed by atoms with Crippen LogP contribution in [0.15, 0.2) is 169 Å². The van der Waals surface area contributed by atoms with Gasteiger partial charge in [0.25, 0.3) is 0 Å². The standard InChI is InChI=1S/C45H27N5O/c1-2-10-29-21-30(16-15-28(29)9-1)34-25-39-43-44(51-45(39)48-26-34)42(49-27-50-43)38-18-17-35(36-11-3-4-12-37(36)38)31-22-32(40-13-5-7-19-46-40)24-33(23-31)41-14-6-8-20-47-41/h1-27H. The number of hydrogen-bond acceptors (Lipinski definition) is 6. The maximum Gasteiger partial charge on any atom is 0.229 e. The minimum atomic E-state index is 0.533. The molecule has 0 saturated heterocycles. The molecule has 5 aromatic heterocycles. The van der Waals surface area contributed by atoms with Crippen molar-refractivity contribution < 1.29 is 4.42 Å². The minimum absolute atomic E-state index is 0.533. The van der Waals surface area contributed by atoms with Crippen LogP contribution < -0.4 is 0 Å². The minimum Gasteiger partial charge on any atom is -0.434 e. The number of nitrogens with zero attached hydrogens (tertiary/aromatic N) is 5. The monoisotopic (exact) mass is 653 g/mol. The first-order valence-electron chi connectivity index (χ1n) is 16.8. The number of hydrogen-bond donors (Lipinski definition) is 0. The zero-order chi connectivity index (χ0) is 33.7. The quantitative estimate of drug-likeness (QED) is 0.184. The second kappa shape index (κ2) is 11.8. The lowest BCUT2D eigenvalue weighted by Crippen LogP contribution is -1.92. The maximum atomic E-state index is 6.44. The van der Waals surface area contributed by atoms with Crippen molar-refractivity contribution in [3.05, 3.63) is 164 Å². The van der Waals surface area contributed by atoms with Gasteiger partial charge in [0.15, 0.2) is 5.58 Å². The van der Waals surface area contributed by atoms with Crippen molar-refractivity contribution in [3.63, 3.8) is 0 Å². The van der Waals surface area contributed by atoms with Crippen LogP contribution in [0.25, 0.3) is 99.8 Å². The van der Waals surface area contributed by atoms with Gasteiger partial charge in [-0.2, -0.15) is 0 Å². The summed E-state index contributed by atoms with van der Waals surface area (Å²) in [5, 5.41) is 5.40. The summed E-state index contributed by atoms with van der Waals surface area (Å²) >= 11 is 0. The number of furan rings is 1. The van der Waals surface area contributed by atoms with Gasteiger partial charge < -0.3 is 4.42 Å². The van der Waals surface area contributed by atoms with Gasteiger partial charge in [0.1, 0.15) is 17.5 Å². The highest BCUT2D eigenvalue weighted by Gasteiger charge is 2.20. The van der Waals surface area contributed by atoms with Gasteiger partial charge in [-0.25, -0.2) is 15.0 Å². The second-order valence-electron chi connectivity index (χ2n) is 12.6. The van der Waals surface area contributed by atoms with Crippen LogP contribution in [0.2, 0.25) is 0 Å². The number of aromatic nitrogens is 5. The molecule has 10 aromatic rings. The van der Waals surface area contributed by atoms with Crippen LogP contribution in [0.3, 0.4) is 0 Å². The molecular formula is C45H27N5O. The fraction of sp³-hybridized carbons (Fsp3) is 0. The van der Waals surface area contributed by atoms with Gasteiger partial charge in [0.2, 0.25) is 5.71 Å². The van der Waals surface area contributed by atoms with Crippen molar-refractivity contribution in [2.24, 2.45) is 0 Å². The fourth-order valence-corrected chi connectivity index (χ4v) is 7.08. The van der Waals surface area contributed by atoms with Gasteiger partial charge in [-0.05, 0) is 92.8 Å². The van der Waals surface area contributed by atoms with E-state index in [4.69, 9.17) is 19.4 Å². The molecule has 0 aliphatic rings. The van der Waals surface area contributed by atoms with Crippen LogP contribution in [0, 0.1) is 0 Å². The summed E-state index contributed by atoms with van der Waals surface area (Å²) in [4.78, 5) is 23.6. The average Bonchev–Trinajstić information content (AvgIpc) is 3.59. The van der Waals surface area contributed by atoms with Crippen LogP contribution >= 0.6 is 0 Å². The molecule has 0 aliphatic carbocycles. The molecule has 6 nitrogen and oxygen atoms in total. The predicted molar refractivity (Wildman–Crippen MR) is 205 cm³/mol. The van der Waals surface area contributed by atoms with E-state index in [1.54, 1.807) is 6.33 Å². The van der Waals surface area contributed by atoms with E-state index in [1.807, 2.05) is 55.0 Å². The van der Waals surface area contributed by atoms with Crippen molar-refractivity contribution in [2.45, 2.75) is 0 Å². The molecule has 0 fully saturated rings. The number of pyridine rings is 3. The summed E-state index contributed by atoms with van der Waals surface area (Å²) in [6.45, 7) is 0. The lowest BCUT2D eigenvalue weighted by atomic mass is 9.91. The van der Waals surface area contributed by atoms with Crippen molar-refractivity contribution in [1.29, 1.82) is 0 Å². The van der Waals surface area contributed by atoms with Crippen LogP contribution in [0.1, 0.15) is 0 Å². The van der Waals surface area contributed by atoms with E-state index in [0.717, 1.165) is 77.7 Å². The summed E-state index contributed by atoms with van der Waals surface area (Å²) in [6.07, 6.45) is 7.14. The van der Waals surface area contributed by atoms with Gasteiger partial charge in [-0.15, -0.1) is 0 Å². The average molecular weight is 654 g/mol. The topological polar surface area (TPSA) is 77.6 Å². The molecule has 51 heavy (non-hydrogen) atoms. The molecule has 6 heteroatoms. The molecule has 0 atom stereocenters. The highest BCUT2D eigenvalue weighted by atomic mass is 16.3. The Balaban J connectivity index is 1.13. The third-order valence-corrected chi connectivity index (χ3v) is 9.54. The lowest BCUT2D eigenvalue weighted by molar-refractivity contribution is 0.652. The third kappa shape index (κ3) is 5.01. The van der Waals surface area contributed by atoms with E-state index in [0.29, 0.717) is 11.3 Å². The van der Waals surface area contributed by atoms with E-state index in [2.05, 4.69) is 113 Å². The predicted octanol–water partition coefficient (Wildman–Crippen LogP) is 11.2. The molecular weight excluding hydrogens is 627 g/mol. The molecule has 0 N–H and O–H groups in total. The zero-order valence-corrected chi connectivity index (χ0v) is 27.2. The fourth-order valence-electron chi connectivity index (χ4n) is 7.08. The summed E-state index contributed by atoms with van der Waals surface area (Å²) < 4.78 is 6.44. The lowest BCUT2D eigenvalue weighted by Gasteiger charge is -2.14.